The SMILES string of the molecule is Cn1c(SCCOc2ccc(C#N)cc2)nnc1C1CC1. The first kappa shape index (κ1) is 14.0. The fourth-order valence-electron chi connectivity index (χ4n) is 2.07. The van der Waals surface area contributed by atoms with Crippen LogP contribution in [-0.4, -0.2) is 27.1 Å². The summed E-state index contributed by atoms with van der Waals surface area (Å²) in [4.78, 5) is 0. The van der Waals surface area contributed by atoms with Crippen LogP contribution in [0.3, 0.4) is 0 Å². The van der Waals surface area contributed by atoms with Crippen LogP contribution in [0, 0.1) is 11.3 Å². The Morgan fingerprint density at radius 1 is 1.33 bits per heavy atom. The Bertz CT molecular complexity index is 655. The van der Waals surface area contributed by atoms with Gasteiger partial charge in [-0.15, -0.1) is 10.2 Å². The fourth-order valence-corrected chi connectivity index (χ4v) is 2.80. The summed E-state index contributed by atoms with van der Waals surface area (Å²) in [5.41, 5.74) is 0.642. The molecule has 6 heteroatoms. The highest BCUT2D eigenvalue weighted by Crippen LogP contribution is 2.39. The smallest absolute Gasteiger partial charge is 0.191 e. The lowest BCUT2D eigenvalue weighted by atomic mass is 10.2. The van der Waals surface area contributed by atoms with E-state index in [2.05, 4.69) is 20.8 Å². The van der Waals surface area contributed by atoms with Crippen molar-refractivity contribution in [3.05, 3.63) is 35.7 Å². The summed E-state index contributed by atoms with van der Waals surface area (Å²) in [6, 6.07) is 9.23. The number of ether oxygens (including phenoxy) is 1. The molecule has 0 radical (unpaired) electrons. The molecule has 0 saturated heterocycles. The average Bonchev–Trinajstić information content (AvgIpc) is 3.29. The van der Waals surface area contributed by atoms with Crippen molar-refractivity contribution in [1.82, 2.24) is 14.8 Å². The minimum absolute atomic E-state index is 0.599. The lowest BCUT2D eigenvalue weighted by molar-refractivity contribution is 0.344. The zero-order chi connectivity index (χ0) is 14.7. The Balaban J connectivity index is 1.46. The fraction of sp³-hybridized carbons (Fsp3) is 0.400. The average molecular weight is 300 g/mol. The number of nitriles is 1. The molecule has 1 saturated carbocycles. The molecule has 0 bridgehead atoms. The monoisotopic (exact) mass is 300 g/mol. The molecule has 0 unspecified atom stereocenters. The Hall–Kier alpha value is -2.00. The second-order valence-corrected chi connectivity index (χ2v) is 6.07. The van der Waals surface area contributed by atoms with Crippen LogP contribution >= 0.6 is 11.8 Å². The van der Waals surface area contributed by atoms with Crippen LogP contribution in [0.15, 0.2) is 29.4 Å². The molecular weight excluding hydrogens is 284 g/mol. The molecule has 0 N–H and O–H groups in total. The molecule has 21 heavy (non-hydrogen) atoms. The van der Waals surface area contributed by atoms with E-state index in [1.807, 2.05) is 19.2 Å². The predicted octanol–water partition coefficient (Wildman–Crippen LogP) is 2.74. The molecule has 1 aromatic carbocycles. The molecule has 0 aliphatic heterocycles. The molecule has 0 amide bonds. The van der Waals surface area contributed by atoms with E-state index in [1.54, 1.807) is 23.9 Å². The van der Waals surface area contributed by atoms with Crippen LogP contribution in [0.1, 0.15) is 30.1 Å². The third-order valence-electron chi connectivity index (χ3n) is 3.38. The molecule has 1 heterocycles. The summed E-state index contributed by atoms with van der Waals surface area (Å²) in [5, 5.41) is 18.2. The number of rotatable bonds is 6. The maximum absolute atomic E-state index is 8.73. The van der Waals surface area contributed by atoms with Gasteiger partial charge >= 0.3 is 0 Å². The molecule has 0 spiro atoms. The maximum atomic E-state index is 8.73. The molecule has 1 fully saturated rings. The molecule has 2 aromatic rings. The van der Waals surface area contributed by atoms with Crippen molar-refractivity contribution in [2.24, 2.45) is 7.05 Å². The van der Waals surface area contributed by atoms with Crippen LogP contribution in [0.2, 0.25) is 0 Å². The Morgan fingerprint density at radius 3 is 2.76 bits per heavy atom. The Kier molecular flexibility index (Phi) is 4.11. The Morgan fingerprint density at radius 2 is 2.10 bits per heavy atom. The number of hydrogen-bond donors (Lipinski definition) is 0. The van der Waals surface area contributed by atoms with Gasteiger partial charge in [0, 0.05) is 18.7 Å². The van der Waals surface area contributed by atoms with Crippen LogP contribution in [-0.2, 0) is 7.05 Å². The van der Waals surface area contributed by atoms with Gasteiger partial charge in [0.2, 0.25) is 0 Å². The molecule has 3 rings (SSSR count). The first-order valence-corrected chi connectivity index (χ1v) is 7.91. The quantitative estimate of drug-likeness (QED) is 0.606. The number of nitrogens with zero attached hydrogens (tertiary/aromatic N) is 4. The van der Waals surface area contributed by atoms with E-state index in [0.29, 0.717) is 18.1 Å². The topological polar surface area (TPSA) is 63.7 Å². The molecule has 0 atom stereocenters. The number of hydrogen-bond acceptors (Lipinski definition) is 5. The summed E-state index contributed by atoms with van der Waals surface area (Å²) in [6.07, 6.45) is 2.47. The molecule has 1 aromatic heterocycles. The molecule has 5 nitrogen and oxygen atoms in total. The molecular formula is C15H16N4OS. The first-order valence-electron chi connectivity index (χ1n) is 6.93. The van der Waals surface area contributed by atoms with Gasteiger partial charge in [-0.05, 0) is 37.1 Å². The van der Waals surface area contributed by atoms with Crippen molar-refractivity contribution in [3.63, 3.8) is 0 Å². The standard InChI is InChI=1S/C15H16N4OS/c1-19-14(12-4-5-12)17-18-15(19)21-9-8-20-13-6-2-11(10-16)3-7-13/h2-3,6-7,12H,4-5,8-9H2,1H3. The van der Waals surface area contributed by atoms with Crippen molar-refractivity contribution in [2.75, 3.05) is 12.4 Å². The van der Waals surface area contributed by atoms with E-state index in [9.17, 15) is 0 Å². The highest BCUT2D eigenvalue weighted by molar-refractivity contribution is 7.99. The van der Waals surface area contributed by atoms with Gasteiger partial charge in [-0.1, -0.05) is 11.8 Å². The lowest BCUT2D eigenvalue weighted by Gasteiger charge is -2.06. The van der Waals surface area contributed by atoms with Gasteiger partial charge < -0.3 is 9.30 Å². The van der Waals surface area contributed by atoms with Gasteiger partial charge in [0.05, 0.1) is 18.2 Å². The third kappa shape index (κ3) is 3.37. The minimum atomic E-state index is 0.599. The second-order valence-electron chi connectivity index (χ2n) is 5.01. The third-order valence-corrected chi connectivity index (χ3v) is 4.36. The zero-order valence-electron chi connectivity index (χ0n) is 11.8. The van der Waals surface area contributed by atoms with Gasteiger partial charge in [-0.25, -0.2) is 0 Å². The highest BCUT2D eigenvalue weighted by Gasteiger charge is 2.29. The summed E-state index contributed by atoms with van der Waals surface area (Å²) >= 11 is 1.65. The van der Waals surface area contributed by atoms with Crippen LogP contribution < -0.4 is 4.74 Å². The van der Waals surface area contributed by atoms with E-state index in [-0.39, 0.29) is 0 Å². The summed E-state index contributed by atoms with van der Waals surface area (Å²) in [7, 11) is 2.03. The molecule has 108 valence electrons. The molecule has 1 aliphatic carbocycles. The zero-order valence-corrected chi connectivity index (χ0v) is 12.6. The van der Waals surface area contributed by atoms with E-state index in [1.165, 1.54) is 12.8 Å². The van der Waals surface area contributed by atoms with E-state index in [4.69, 9.17) is 10.00 Å². The van der Waals surface area contributed by atoms with Gasteiger partial charge in [-0.3, -0.25) is 0 Å². The van der Waals surface area contributed by atoms with E-state index < -0.39 is 0 Å². The van der Waals surface area contributed by atoms with Gasteiger partial charge in [0.25, 0.3) is 0 Å². The second kappa shape index (κ2) is 6.19. The number of benzene rings is 1. The van der Waals surface area contributed by atoms with E-state index in [0.717, 1.165) is 22.5 Å². The van der Waals surface area contributed by atoms with Crippen LogP contribution in [0.4, 0.5) is 0 Å². The molecule has 1 aliphatic rings. The van der Waals surface area contributed by atoms with Crippen molar-refractivity contribution < 1.29 is 4.74 Å². The largest absolute Gasteiger partial charge is 0.493 e. The normalized spacial score (nSPS) is 13.9. The number of aromatic nitrogens is 3. The summed E-state index contributed by atoms with van der Waals surface area (Å²) in [5.74, 6) is 3.32. The van der Waals surface area contributed by atoms with Crippen molar-refractivity contribution in [2.45, 2.75) is 23.9 Å². The summed E-state index contributed by atoms with van der Waals surface area (Å²) < 4.78 is 7.73. The van der Waals surface area contributed by atoms with Crippen molar-refractivity contribution in [3.8, 4) is 11.8 Å². The summed E-state index contributed by atoms with van der Waals surface area (Å²) in [6.45, 7) is 0.599. The number of thioether (sulfide) groups is 1. The lowest BCUT2D eigenvalue weighted by Crippen LogP contribution is -2.02. The van der Waals surface area contributed by atoms with Crippen LogP contribution in [0.25, 0.3) is 0 Å². The predicted molar refractivity (Wildman–Crippen MR) is 80.4 cm³/mol. The maximum Gasteiger partial charge on any atom is 0.191 e. The van der Waals surface area contributed by atoms with E-state index >= 15 is 0 Å². The minimum Gasteiger partial charge on any atom is -0.493 e. The van der Waals surface area contributed by atoms with Gasteiger partial charge in [-0.2, -0.15) is 5.26 Å². The highest BCUT2D eigenvalue weighted by atomic mass is 32.2. The van der Waals surface area contributed by atoms with Gasteiger partial charge in [0.15, 0.2) is 5.16 Å². The van der Waals surface area contributed by atoms with Crippen molar-refractivity contribution >= 4 is 11.8 Å². The van der Waals surface area contributed by atoms with Crippen LogP contribution in [0.5, 0.6) is 5.75 Å². The van der Waals surface area contributed by atoms with Gasteiger partial charge in [0.1, 0.15) is 11.6 Å². The first-order chi connectivity index (χ1) is 10.3. The Labute approximate surface area is 127 Å². The van der Waals surface area contributed by atoms with Crippen molar-refractivity contribution in [1.29, 1.82) is 5.26 Å².